The van der Waals surface area contributed by atoms with Crippen LogP contribution in [0.25, 0.3) is 0 Å². The summed E-state index contributed by atoms with van der Waals surface area (Å²) in [6.07, 6.45) is 2.55. The van der Waals surface area contributed by atoms with Gasteiger partial charge in [0.2, 0.25) is 0 Å². The number of ether oxygens (including phenoxy) is 1. The second kappa shape index (κ2) is 6.16. The van der Waals surface area contributed by atoms with E-state index in [0.29, 0.717) is 6.04 Å². The maximum Gasteiger partial charge on any atom is 0.123 e. The van der Waals surface area contributed by atoms with Gasteiger partial charge in [0.05, 0.1) is 0 Å². The summed E-state index contributed by atoms with van der Waals surface area (Å²) in [6.45, 7) is 3.02. The van der Waals surface area contributed by atoms with Crippen molar-refractivity contribution in [3.05, 3.63) is 29.6 Å². The minimum absolute atomic E-state index is 0.0644. The van der Waals surface area contributed by atoms with E-state index in [1.54, 1.807) is 12.1 Å². The highest BCUT2D eigenvalue weighted by atomic mass is 19.1. The van der Waals surface area contributed by atoms with Gasteiger partial charge in [-0.1, -0.05) is 6.92 Å². The Hall–Kier alpha value is -1.13. The van der Waals surface area contributed by atoms with Gasteiger partial charge in [-0.3, -0.25) is 0 Å². The molecule has 2 atom stereocenters. The average Bonchev–Trinajstić information content (AvgIpc) is 2.76. The number of fused-ring (bicyclic) bond motifs is 1. The van der Waals surface area contributed by atoms with E-state index in [-0.39, 0.29) is 18.5 Å². The van der Waals surface area contributed by atoms with Gasteiger partial charge in [-0.2, -0.15) is 0 Å². The highest BCUT2D eigenvalue weighted by Crippen LogP contribution is 2.28. The van der Waals surface area contributed by atoms with Crippen LogP contribution in [0.15, 0.2) is 18.2 Å². The van der Waals surface area contributed by atoms with Crippen molar-refractivity contribution in [1.29, 1.82) is 0 Å². The van der Waals surface area contributed by atoms with Crippen LogP contribution in [-0.4, -0.2) is 30.4 Å². The normalized spacial score (nSPS) is 19.4. The van der Waals surface area contributed by atoms with E-state index < -0.39 is 0 Å². The van der Waals surface area contributed by atoms with Crippen LogP contribution in [0.2, 0.25) is 0 Å². The molecule has 1 aliphatic rings. The predicted molar refractivity (Wildman–Crippen MR) is 68.3 cm³/mol. The molecule has 2 N–H and O–H groups in total. The van der Waals surface area contributed by atoms with Gasteiger partial charge in [-0.05, 0) is 31.0 Å². The van der Waals surface area contributed by atoms with Crippen LogP contribution in [0.5, 0.6) is 5.75 Å². The number of aliphatic hydroxyl groups is 1. The Labute approximate surface area is 107 Å². The highest BCUT2D eigenvalue weighted by Gasteiger charge is 2.23. The molecule has 0 fully saturated rings. The molecule has 1 aliphatic heterocycles. The van der Waals surface area contributed by atoms with Crippen molar-refractivity contribution in [2.75, 3.05) is 13.2 Å². The average molecular weight is 253 g/mol. The van der Waals surface area contributed by atoms with Gasteiger partial charge in [0.25, 0.3) is 0 Å². The molecule has 0 spiro atoms. The predicted octanol–water partition coefficient (Wildman–Crippen LogP) is 1.88. The summed E-state index contributed by atoms with van der Waals surface area (Å²) < 4.78 is 18.8. The first kappa shape index (κ1) is 13.3. The third-order valence-corrected chi connectivity index (χ3v) is 3.37. The van der Waals surface area contributed by atoms with Crippen LogP contribution in [-0.2, 0) is 6.42 Å². The smallest absolute Gasteiger partial charge is 0.123 e. The Morgan fingerprint density at radius 2 is 2.39 bits per heavy atom. The van der Waals surface area contributed by atoms with Crippen LogP contribution in [0.1, 0.15) is 25.3 Å². The van der Waals surface area contributed by atoms with Gasteiger partial charge in [0, 0.05) is 31.2 Å². The van der Waals surface area contributed by atoms with Crippen LogP contribution in [0.3, 0.4) is 0 Å². The second-order valence-corrected chi connectivity index (χ2v) is 4.72. The van der Waals surface area contributed by atoms with Crippen LogP contribution < -0.4 is 10.1 Å². The molecule has 2 unspecified atom stereocenters. The Morgan fingerprint density at radius 1 is 1.56 bits per heavy atom. The number of nitrogens with one attached hydrogen (secondary N) is 1. The van der Waals surface area contributed by atoms with Crippen molar-refractivity contribution in [3.63, 3.8) is 0 Å². The molecule has 0 amide bonds. The lowest BCUT2D eigenvalue weighted by molar-refractivity contribution is 0.209. The number of halogens is 1. The number of hydrogen-bond acceptors (Lipinski definition) is 3. The Balaban J connectivity index is 1.84. The van der Waals surface area contributed by atoms with Gasteiger partial charge in [-0.25, -0.2) is 4.39 Å². The first-order valence-corrected chi connectivity index (χ1v) is 6.52. The van der Waals surface area contributed by atoms with E-state index in [0.717, 1.165) is 37.1 Å². The summed E-state index contributed by atoms with van der Waals surface area (Å²) in [5, 5.41) is 12.3. The van der Waals surface area contributed by atoms with Crippen molar-refractivity contribution in [1.82, 2.24) is 5.32 Å². The van der Waals surface area contributed by atoms with Gasteiger partial charge < -0.3 is 15.2 Å². The molecule has 0 bridgehead atoms. The zero-order valence-corrected chi connectivity index (χ0v) is 10.7. The van der Waals surface area contributed by atoms with Crippen LogP contribution >= 0.6 is 0 Å². The first-order valence-electron chi connectivity index (χ1n) is 6.52. The summed E-state index contributed by atoms with van der Waals surface area (Å²) in [6, 6.07) is 4.98. The minimum Gasteiger partial charge on any atom is -0.488 e. The third-order valence-electron chi connectivity index (χ3n) is 3.37. The van der Waals surface area contributed by atoms with Crippen LogP contribution in [0, 0.1) is 5.82 Å². The molecular weight excluding hydrogens is 233 g/mol. The van der Waals surface area contributed by atoms with Crippen molar-refractivity contribution < 1.29 is 14.2 Å². The lowest BCUT2D eigenvalue weighted by Gasteiger charge is -2.18. The molecule has 3 nitrogen and oxygen atoms in total. The molecule has 4 heteroatoms. The molecule has 0 radical (unpaired) electrons. The van der Waals surface area contributed by atoms with E-state index in [2.05, 4.69) is 12.2 Å². The summed E-state index contributed by atoms with van der Waals surface area (Å²) in [5.41, 5.74) is 0.942. The number of rotatable bonds is 6. The Bertz CT molecular complexity index is 397. The SMILES string of the molecule is CCC(CCO)NCC1Cc2cc(F)ccc2O1. The second-order valence-electron chi connectivity index (χ2n) is 4.72. The Morgan fingerprint density at radius 3 is 3.11 bits per heavy atom. The number of hydrogen-bond donors (Lipinski definition) is 2. The summed E-state index contributed by atoms with van der Waals surface area (Å²) in [4.78, 5) is 0. The number of aliphatic hydroxyl groups excluding tert-OH is 1. The van der Waals surface area contributed by atoms with Crippen LogP contribution in [0.4, 0.5) is 4.39 Å². The van der Waals surface area contributed by atoms with E-state index in [1.165, 1.54) is 6.07 Å². The van der Waals surface area contributed by atoms with Crippen molar-refractivity contribution in [2.45, 2.75) is 38.3 Å². The van der Waals surface area contributed by atoms with Gasteiger partial charge in [0.15, 0.2) is 0 Å². The van der Waals surface area contributed by atoms with E-state index in [1.807, 2.05) is 0 Å². The monoisotopic (exact) mass is 253 g/mol. The molecule has 1 aromatic rings. The topological polar surface area (TPSA) is 41.5 Å². The minimum atomic E-state index is -0.210. The van der Waals surface area contributed by atoms with Gasteiger partial charge in [-0.15, -0.1) is 0 Å². The fourth-order valence-electron chi connectivity index (χ4n) is 2.31. The maximum atomic E-state index is 13.1. The molecule has 1 aromatic carbocycles. The summed E-state index contributed by atoms with van der Waals surface area (Å²) >= 11 is 0. The largest absolute Gasteiger partial charge is 0.488 e. The quantitative estimate of drug-likeness (QED) is 0.813. The fourth-order valence-corrected chi connectivity index (χ4v) is 2.31. The van der Waals surface area contributed by atoms with E-state index >= 15 is 0 Å². The van der Waals surface area contributed by atoms with Crippen molar-refractivity contribution in [2.24, 2.45) is 0 Å². The maximum absolute atomic E-state index is 13.1. The highest BCUT2D eigenvalue weighted by molar-refractivity contribution is 5.37. The molecular formula is C14H20FNO2. The molecule has 2 rings (SSSR count). The molecule has 0 saturated heterocycles. The van der Waals surface area contributed by atoms with Gasteiger partial charge >= 0.3 is 0 Å². The van der Waals surface area contributed by atoms with Crippen molar-refractivity contribution in [3.8, 4) is 5.75 Å². The van der Waals surface area contributed by atoms with E-state index in [4.69, 9.17) is 9.84 Å². The molecule has 0 aliphatic carbocycles. The fraction of sp³-hybridized carbons (Fsp3) is 0.571. The number of benzene rings is 1. The molecule has 18 heavy (non-hydrogen) atoms. The van der Waals surface area contributed by atoms with E-state index in [9.17, 15) is 4.39 Å². The molecule has 0 saturated carbocycles. The lowest BCUT2D eigenvalue weighted by atomic mass is 10.1. The summed E-state index contributed by atoms with van der Waals surface area (Å²) in [5.74, 6) is 0.580. The molecule has 0 aromatic heterocycles. The standard InChI is InChI=1S/C14H20FNO2/c1-2-12(5-6-17)16-9-13-8-10-7-11(15)3-4-14(10)18-13/h3-4,7,12-13,16-17H,2,5-6,8-9H2,1H3. The summed E-state index contributed by atoms with van der Waals surface area (Å²) in [7, 11) is 0. The third kappa shape index (κ3) is 3.21. The zero-order chi connectivity index (χ0) is 13.0. The zero-order valence-electron chi connectivity index (χ0n) is 10.7. The molecule has 1 heterocycles. The molecule has 100 valence electrons. The van der Waals surface area contributed by atoms with Crippen molar-refractivity contribution >= 4 is 0 Å². The Kier molecular flexibility index (Phi) is 4.55. The van der Waals surface area contributed by atoms with Gasteiger partial charge in [0.1, 0.15) is 17.7 Å². The lowest BCUT2D eigenvalue weighted by Crippen LogP contribution is -2.37. The first-order chi connectivity index (χ1) is 8.72.